The molecule has 3 atom stereocenters. The van der Waals surface area contributed by atoms with Crippen LogP contribution in [0.4, 0.5) is 0 Å². The van der Waals surface area contributed by atoms with Gasteiger partial charge in [0.15, 0.2) is 0 Å². The minimum Gasteiger partial charge on any atom is -0.756 e. The van der Waals surface area contributed by atoms with Gasteiger partial charge in [-0.1, -0.05) is 244 Å². The van der Waals surface area contributed by atoms with E-state index in [0.29, 0.717) is 17.4 Å². The third-order valence-corrected chi connectivity index (χ3v) is 13.3. The van der Waals surface area contributed by atoms with Crippen LogP contribution in [0, 0.1) is 0 Å². The van der Waals surface area contributed by atoms with Gasteiger partial charge in [0, 0.05) is 6.42 Å². The van der Waals surface area contributed by atoms with Gasteiger partial charge in [-0.05, 0) is 103 Å². The molecule has 0 aromatic carbocycles. The average Bonchev–Trinajstić information content (AvgIpc) is 3.36. The highest BCUT2D eigenvalue weighted by molar-refractivity contribution is 7.45. The summed E-state index contributed by atoms with van der Waals surface area (Å²) < 4.78 is 23.3. The summed E-state index contributed by atoms with van der Waals surface area (Å²) in [5.41, 5.74) is 0. The van der Waals surface area contributed by atoms with E-state index >= 15 is 0 Å². The number of carbonyl (C=O) groups excluding carboxylic acids is 1. The van der Waals surface area contributed by atoms with E-state index in [9.17, 15) is 19.4 Å². The number of hydrogen-bond donors (Lipinski definition) is 2. The van der Waals surface area contributed by atoms with Crippen molar-refractivity contribution in [2.24, 2.45) is 0 Å². The molecule has 9 heteroatoms. The molecule has 0 spiro atoms. The molecular weight excluding hydrogens is 936 g/mol. The lowest BCUT2D eigenvalue weighted by Gasteiger charge is -2.29. The van der Waals surface area contributed by atoms with Crippen molar-refractivity contribution in [3.05, 3.63) is 134 Å². The third kappa shape index (κ3) is 56.4. The van der Waals surface area contributed by atoms with Crippen LogP contribution < -0.4 is 10.2 Å². The first-order valence-corrected chi connectivity index (χ1v) is 31.0. The summed E-state index contributed by atoms with van der Waals surface area (Å²) in [5, 5.41) is 13.8. The second kappa shape index (κ2) is 54.4. The number of aliphatic hydroxyl groups excluding tert-OH is 1. The highest BCUT2D eigenvalue weighted by Gasteiger charge is 2.23. The zero-order chi connectivity index (χ0) is 54.2. The molecule has 0 bridgehead atoms. The van der Waals surface area contributed by atoms with E-state index in [-0.39, 0.29) is 12.5 Å². The summed E-state index contributed by atoms with van der Waals surface area (Å²) in [6, 6.07) is -0.919. The predicted molar refractivity (Wildman–Crippen MR) is 320 cm³/mol. The van der Waals surface area contributed by atoms with Gasteiger partial charge >= 0.3 is 0 Å². The molecule has 3 unspecified atom stereocenters. The van der Waals surface area contributed by atoms with E-state index in [4.69, 9.17) is 9.05 Å². The second-order valence-corrected chi connectivity index (χ2v) is 22.0. The average molecular weight is 1050 g/mol. The van der Waals surface area contributed by atoms with E-state index in [1.165, 1.54) is 89.9 Å². The fraction of sp³-hybridized carbons (Fsp3) is 0.646. The fourth-order valence-corrected chi connectivity index (χ4v) is 8.47. The molecule has 0 radical (unpaired) electrons. The van der Waals surface area contributed by atoms with Crippen LogP contribution in [0.25, 0.3) is 0 Å². The molecule has 0 saturated carbocycles. The highest BCUT2D eigenvalue weighted by atomic mass is 31.2. The number of likely N-dealkylation sites (N-methyl/N-ethyl adjacent to an activating group) is 1. The number of aliphatic hydroxyl groups is 1. The first kappa shape index (κ1) is 70.6. The number of phosphoric ester groups is 1. The maximum atomic E-state index is 13.0. The van der Waals surface area contributed by atoms with Gasteiger partial charge in [-0.2, -0.15) is 0 Å². The van der Waals surface area contributed by atoms with Gasteiger partial charge in [0.05, 0.1) is 39.9 Å². The van der Waals surface area contributed by atoms with Crippen molar-refractivity contribution in [3.63, 3.8) is 0 Å². The second-order valence-electron chi connectivity index (χ2n) is 20.6. The van der Waals surface area contributed by atoms with Gasteiger partial charge in [0.1, 0.15) is 13.2 Å². The van der Waals surface area contributed by atoms with E-state index in [2.05, 4.69) is 141 Å². The molecule has 2 N–H and O–H groups in total. The van der Waals surface area contributed by atoms with Crippen LogP contribution in [0.1, 0.15) is 219 Å². The van der Waals surface area contributed by atoms with Crippen molar-refractivity contribution in [3.8, 4) is 0 Å². The normalized spacial score (nSPS) is 14.9. The largest absolute Gasteiger partial charge is 0.756 e. The van der Waals surface area contributed by atoms with Gasteiger partial charge in [-0.25, -0.2) is 0 Å². The van der Waals surface area contributed by atoms with Gasteiger partial charge in [-0.3, -0.25) is 9.36 Å². The topological polar surface area (TPSA) is 108 Å². The van der Waals surface area contributed by atoms with Gasteiger partial charge in [-0.15, -0.1) is 0 Å². The first-order chi connectivity index (χ1) is 36.0. The van der Waals surface area contributed by atoms with Crippen molar-refractivity contribution >= 4 is 13.7 Å². The Bertz CT molecular complexity index is 1660. The Hall–Kier alpha value is -3.36. The van der Waals surface area contributed by atoms with Gasteiger partial charge in [0.2, 0.25) is 5.91 Å². The Morgan fingerprint density at radius 3 is 1.26 bits per heavy atom. The molecule has 422 valence electrons. The lowest BCUT2D eigenvalue weighted by Crippen LogP contribution is -2.45. The summed E-state index contributed by atoms with van der Waals surface area (Å²) >= 11 is 0. The van der Waals surface area contributed by atoms with Crippen LogP contribution in [0.2, 0.25) is 0 Å². The van der Waals surface area contributed by atoms with Crippen molar-refractivity contribution in [1.82, 2.24) is 5.32 Å². The number of phosphoric acid groups is 1. The highest BCUT2D eigenvalue weighted by Crippen LogP contribution is 2.38. The predicted octanol–water partition coefficient (Wildman–Crippen LogP) is 17.7. The molecule has 0 rings (SSSR count). The minimum absolute atomic E-state index is 0.0157. The zero-order valence-electron chi connectivity index (χ0n) is 48.0. The number of quaternary nitrogens is 1. The summed E-state index contributed by atoms with van der Waals surface area (Å²) in [6.45, 7) is 4.49. The summed E-state index contributed by atoms with van der Waals surface area (Å²) in [7, 11) is 1.22. The summed E-state index contributed by atoms with van der Waals surface area (Å²) in [4.78, 5) is 25.5. The number of unbranched alkanes of at least 4 members (excludes halogenated alkanes) is 19. The van der Waals surface area contributed by atoms with Gasteiger partial charge < -0.3 is 28.8 Å². The monoisotopic (exact) mass is 1050 g/mol. The Balaban J connectivity index is 4.25. The number of nitrogens with one attached hydrogen (secondary N) is 1. The molecular formula is C65H111N2O6P. The van der Waals surface area contributed by atoms with Crippen LogP contribution in [0.3, 0.4) is 0 Å². The Kier molecular flexibility index (Phi) is 52.0. The van der Waals surface area contributed by atoms with Crippen molar-refractivity contribution in [1.29, 1.82) is 0 Å². The molecule has 0 aromatic heterocycles. The van der Waals surface area contributed by atoms with Crippen LogP contribution in [0.5, 0.6) is 0 Å². The third-order valence-electron chi connectivity index (χ3n) is 12.3. The van der Waals surface area contributed by atoms with E-state index in [1.54, 1.807) is 6.08 Å². The molecule has 0 fully saturated rings. The van der Waals surface area contributed by atoms with Gasteiger partial charge in [0.25, 0.3) is 7.82 Å². The van der Waals surface area contributed by atoms with E-state index in [1.807, 2.05) is 27.2 Å². The maximum Gasteiger partial charge on any atom is 0.268 e. The quantitative estimate of drug-likeness (QED) is 0.0272. The molecule has 0 aromatic rings. The van der Waals surface area contributed by atoms with Crippen LogP contribution >= 0.6 is 7.82 Å². The molecule has 0 heterocycles. The maximum absolute atomic E-state index is 13.0. The SMILES string of the molecule is CC/C=C\C/C=C\C/C=C\C/C=C\C/C=C\C/C=C\C/C=C\C/C=C\C/C=C\CCCCCCCCCC(=O)NC(COP(=O)([O-])OCC[N+](C)(C)C)C(O)/C=C/CC/C=C/CCCCCCCCCCCCC. The van der Waals surface area contributed by atoms with E-state index in [0.717, 1.165) is 109 Å². The van der Waals surface area contributed by atoms with Crippen LogP contribution in [-0.4, -0.2) is 68.5 Å². The molecule has 0 aliphatic rings. The molecule has 1 amide bonds. The molecule has 0 aliphatic carbocycles. The number of amides is 1. The van der Waals surface area contributed by atoms with Crippen LogP contribution in [-0.2, 0) is 18.4 Å². The molecule has 0 saturated heterocycles. The zero-order valence-corrected chi connectivity index (χ0v) is 48.9. The first-order valence-electron chi connectivity index (χ1n) is 29.5. The van der Waals surface area contributed by atoms with Crippen molar-refractivity contribution in [2.75, 3.05) is 40.9 Å². The van der Waals surface area contributed by atoms with Crippen molar-refractivity contribution < 1.29 is 32.9 Å². The number of hydrogen-bond acceptors (Lipinski definition) is 6. The molecule has 0 aliphatic heterocycles. The molecule has 8 nitrogen and oxygen atoms in total. The Labute approximate surface area is 456 Å². The number of carbonyl (C=O) groups is 1. The Morgan fingerprint density at radius 1 is 0.486 bits per heavy atom. The number of nitrogens with zero attached hydrogens (tertiary/aromatic N) is 1. The smallest absolute Gasteiger partial charge is 0.268 e. The Morgan fingerprint density at radius 2 is 0.838 bits per heavy atom. The lowest BCUT2D eigenvalue weighted by molar-refractivity contribution is -0.870. The van der Waals surface area contributed by atoms with Crippen molar-refractivity contribution in [2.45, 2.75) is 231 Å². The van der Waals surface area contributed by atoms with E-state index < -0.39 is 26.6 Å². The lowest BCUT2D eigenvalue weighted by atomic mass is 10.1. The van der Waals surface area contributed by atoms with Crippen LogP contribution in [0.15, 0.2) is 134 Å². The summed E-state index contributed by atoms with van der Waals surface area (Å²) in [5.74, 6) is -0.224. The number of rotatable bonds is 52. The molecule has 74 heavy (non-hydrogen) atoms. The standard InChI is InChI=1S/C65H111N2O6P/c1-6-8-10-12-14-16-18-20-22-24-25-26-27-28-29-30-31-32-33-34-35-36-37-38-39-40-41-43-45-47-49-51-53-55-57-59-65(69)66-63(62-73-74(70,71)72-61-60-67(3,4)5)64(68)58-56-54-52-50-48-46-44-42-23-21-19-17-15-13-11-9-7-2/h8,10,14,16,20,22,25-26,28-29,31-32,34-35,37-38,40-41,48,50,56,58,63-64,68H,6-7,9,11-13,15,17-19,21,23-24,27,30,33,36,39,42-47,49,51-55,57,59-62H2,1-5H3,(H-,66,69,70,71)/b10-8-,16-14-,22-20-,26-25-,29-28-,32-31-,35-34-,38-37-,41-40-,50-48+,58-56+. The number of allylic oxidation sites excluding steroid dienone is 21. The summed E-state index contributed by atoms with van der Waals surface area (Å²) in [6.07, 6.45) is 82.4. The fourth-order valence-electron chi connectivity index (χ4n) is 7.75. The minimum atomic E-state index is -4.62.